The molecule has 1 amide bonds. The fourth-order valence-corrected chi connectivity index (χ4v) is 5.59. The zero-order valence-electron chi connectivity index (χ0n) is 21.4. The third kappa shape index (κ3) is 4.59. The molecule has 1 aliphatic carbocycles. The van der Waals surface area contributed by atoms with Crippen molar-refractivity contribution in [2.75, 3.05) is 25.1 Å². The Hall–Kier alpha value is -3.39. The van der Waals surface area contributed by atoms with Gasteiger partial charge in [-0.25, -0.2) is 4.39 Å². The Balaban J connectivity index is 1.47. The number of methoxy groups -OCH3 is 1. The summed E-state index contributed by atoms with van der Waals surface area (Å²) in [5, 5.41) is 8.03. The molecule has 0 unspecified atom stereocenters. The number of ether oxygens (including phenoxy) is 2. The Labute approximate surface area is 216 Å². The van der Waals surface area contributed by atoms with Gasteiger partial charge in [-0.2, -0.15) is 5.10 Å². The van der Waals surface area contributed by atoms with Gasteiger partial charge >= 0.3 is 0 Å². The number of nitrogens with zero attached hydrogens (tertiary/aromatic N) is 3. The lowest BCUT2D eigenvalue weighted by molar-refractivity contribution is -0.120. The van der Waals surface area contributed by atoms with Gasteiger partial charge in [0.1, 0.15) is 23.1 Å². The highest BCUT2D eigenvalue weighted by Crippen LogP contribution is 2.48. The molecule has 3 aromatic rings. The Morgan fingerprint density at radius 2 is 1.89 bits per heavy atom. The Bertz CT molecular complexity index is 1310. The highest BCUT2D eigenvalue weighted by atomic mass is 19.1. The fourth-order valence-electron chi connectivity index (χ4n) is 5.59. The first-order chi connectivity index (χ1) is 18.0. The molecule has 0 radical (unpaired) electrons. The quantitative estimate of drug-likeness (QED) is 0.481. The number of hydrogen-bond acceptors (Lipinski definition) is 5. The number of anilines is 1. The van der Waals surface area contributed by atoms with Gasteiger partial charge in [0.05, 0.1) is 25.0 Å². The van der Waals surface area contributed by atoms with Crippen LogP contribution in [0.4, 0.5) is 10.1 Å². The summed E-state index contributed by atoms with van der Waals surface area (Å²) in [4.78, 5) is 14.9. The molecule has 37 heavy (non-hydrogen) atoms. The monoisotopic (exact) mass is 504 g/mol. The first-order valence-electron chi connectivity index (χ1n) is 13.3. The van der Waals surface area contributed by atoms with Crippen molar-refractivity contribution in [2.45, 2.75) is 57.5 Å². The van der Waals surface area contributed by atoms with E-state index >= 15 is 4.39 Å². The maximum atomic E-state index is 16.0. The predicted molar refractivity (Wildman–Crippen MR) is 140 cm³/mol. The van der Waals surface area contributed by atoms with E-state index in [1.165, 1.54) is 6.07 Å². The molecule has 1 saturated heterocycles. The number of hydrogen-bond donors (Lipinski definition) is 1. The fraction of sp³-hybridized carbons (Fsp3) is 0.448. The summed E-state index contributed by atoms with van der Waals surface area (Å²) in [7, 11) is 1.61. The SMILES string of the molecule is COc1cccc(Oc2c(-c3cnn(C4CCNCC4)c3)cc(F)c3c2CC[C@H](C)N3C(=O)C2CC2)c1. The summed E-state index contributed by atoms with van der Waals surface area (Å²) >= 11 is 0. The maximum absolute atomic E-state index is 16.0. The van der Waals surface area contributed by atoms with Crippen LogP contribution in [0, 0.1) is 11.7 Å². The smallest absolute Gasteiger partial charge is 0.230 e. The second kappa shape index (κ2) is 9.82. The molecule has 1 atom stereocenters. The minimum absolute atomic E-state index is 0.00144. The largest absolute Gasteiger partial charge is 0.497 e. The van der Waals surface area contributed by atoms with Gasteiger partial charge in [0.15, 0.2) is 0 Å². The second-order valence-corrected chi connectivity index (χ2v) is 10.4. The lowest BCUT2D eigenvalue weighted by atomic mass is 9.91. The number of nitrogens with one attached hydrogen (secondary N) is 1. The molecule has 3 heterocycles. The summed E-state index contributed by atoms with van der Waals surface area (Å²) in [5.74, 6) is 1.48. The highest BCUT2D eigenvalue weighted by Gasteiger charge is 2.41. The minimum Gasteiger partial charge on any atom is -0.497 e. The molecule has 0 bridgehead atoms. The first-order valence-corrected chi connectivity index (χ1v) is 13.3. The number of amides is 1. The van der Waals surface area contributed by atoms with Crippen molar-refractivity contribution in [3.05, 3.63) is 54.1 Å². The van der Waals surface area contributed by atoms with E-state index in [2.05, 4.69) is 10.4 Å². The standard InChI is InChI=1S/C29H33FN4O3/c1-18-6-9-24-27(34(18)29(35)19-7-8-19)26(30)15-25(28(24)37-23-5-3-4-22(14-23)36-2)20-16-32-33(17-20)21-10-12-31-13-11-21/h3-5,14-19,21,31H,6-13H2,1-2H3/t18-/m0/s1. The zero-order valence-corrected chi connectivity index (χ0v) is 21.4. The van der Waals surface area contributed by atoms with Crippen LogP contribution in [0.1, 0.15) is 50.6 Å². The molecule has 2 aliphatic heterocycles. The number of aromatic nitrogens is 2. The van der Waals surface area contributed by atoms with Gasteiger partial charge in [0, 0.05) is 40.9 Å². The van der Waals surface area contributed by atoms with Crippen LogP contribution in [0.25, 0.3) is 11.1 Å². The Kier molecular flexibility index (Phi) is 6.36. The number of benzene rings is 2. The molecule has 7 nitrogen and oxygen atoms in total. The van der Waals surface area contributed by atoms with Crippen LogP contribution < -0.4 is 19.7 Å². The van der Waals surface area contributed by atoms with Crippen molar-refractivity contribution in [1.29, 1.82) is 0 Å². The molecule has 6 rings (SSSR count). The van der Waals surface area contributed by atoms with E-state index in [1.54, 1.807) is 18.2 Å². The zero-order chi connectivity index (χ0) is 25.5. The van der Waals surface area contributed by atoms with Crippen LogP contribution >= 0.6 is 0 Å². The van der Waals surface area contributed by atoms with Crippen LogP contribution in [0.2, 0.25) is 0 Å². The van der Waals surface area contributed by atoms with Crippen molar-refractivity contribution in [2.24, 2.45) is 5.92 Å². The molecule has 1 N–H and O–H groups in total. The lowest BCUT2D eigenvalue weighted by Crippen LogP contribution is -2.43. The minimum atomic E-state index is -0.391. The average Bonchev–Trinajstić information content (AvgIpc) is 3.66. The molecular formula is C29H33FN4O3. The summed E-state index contributed by atoms with van der Waals surface area (Å²) in [6.45, 7) is 3.92. The third-order valence-corrected chi connectivity index (χ3v) is 7.82. The number of carbonyl (C=O) groups excluding carboxylic acids is 1. The lowest BCUT2D eigenvalue weighted by Gasteiger charge is -2.37. The van der Waals surface area contributed by atoms with E-state index in [1.807, 2.05) is 42.1 Å². The first kappa shape index (κ1) is 24.0. The van der Waals surface area contributed by atoms with E-state index in [4.69, 9.17) is 9.47 Å². The van der Waals surface area contributed by atoms with Crippen molar-refractivity contribution in [3.8, 4) is 28.4 Å². The molecule has 0 spiro atoms. The van der Waals surface area contributed by atoms with Gasteiger partial charge in [0.25, 0.3) is 0 Å². The van der Waals surface area contributed by atoms with Crippen LogP contribution in [-0.4, -0.2) is 41.9 Å². The molecule has 2 fully saturated rings. The average molecular weight is 505 g/mol. The van der Waals surface area contributed by atoms with Crippen LogP contribution in [-0.2, 0) is 11.2 Å². The molecule has 2 aromatic carbocycles. The van der Waals surface area contributed by atoms with Gasteiger partial charge in [-0.15, -0.1) is 0 Å². The van der Waals surface area contributed by atoms with E-state index in [0.29, 0.717) is 41.0 Å². The van der Waals surface area contributed by atoms with E-state index < -0.39 is 5.82 Å². The van der Waals surface area contributed by atoms with E-state index in [9.17, 15) is 4.79 Å². The second-order valence-electron chi connectivity index (χ2n) is 10.4. The topological polar surface area (TPSA) is 68.6 Å². The number of halogens is 1. The Morgan fingerprint density at radius 3 is 2.65 bits per heavy atom. The molecule has 8 heteroatoms. The van der Waals surface area contributed by atoms with Gasteiger partial charge in [-0.3, -0.25) is 9.48 Å². The molecule has 3 aliphatic rings. The summed E-state index contributed by atoms with van der Waals surface area (Å²) in [6, 6.07) is 9.17. The van der Waals surface area contributed by atoms with E-state index in [0.717, 1.165) is 56.3 Å². The highest BCUT2D eigenvalue weighted by molar-refractivity contribution is 5.99. The normalized spacial score (nSPS) is 20.0. The van der Waals surface area contributed by atoms with Crippen molar-refractivity contribution in [1.82, 2.24) is 15.1 Å². The van der Waals surface area contributed by atoms with Gasteiger partial charge in [0.2, 0.25) is 5.91 Å². The van der Waals surface area contributed by atoms with Crippen LogP contribution in [0.3, 0.4) is 0 Å². The molecule has 194 valence electrons. The maximum Gasteiger partial charge on any atom is 0.230 e. The van der Waals surface area contributed by atoms with Crippen molar-refractivity contribution >= 4 is 11.6 Å². The number of rotatable bonds is 6. The van der Waals surface area contributed by atoms with Crippen molar-refractivity contribution in [3.63, 3.8) is 0 Å². The predicted octanol–water partition coefficient (Wildman–Crippen LogP) is 5.49. The van der Waals surface area contributed by atoms with Crippen LogP contribution in [0.15, 0.2) is 42.7 Å². The van der Waals surface area contributed by atoms with Gasteiger partial charge < -0.3 is 19.7 Å². The van der Waals surface area contributed by atoms with Crippen molar-refractivity contribution < 1.29 is 18.7 Å². The van der Waals surface area contributed by atoms with E-state index in [-0.39, 0.29) is 17.9 Å². The summed E-state index contributed by atoms with van der Waals surface area (Å²) in [6.07, 6.45) is 8.91. The number of piperidine rings is 1. The van der Waals surface area contributed by atoms with Gasteiger partial charge in [-0.1, -0.05) is 6.07 Å². The summed E-state index contributed by atoms with van der Waals surface area (Å²) in [5.41, 5.74) is 2.55. The Morgan fingerprint density at radius 1 is 1.11 bits per heavy atom. The third-order valence-electron chi connectivity index (χ3n) is 7.82. The van der Waals surface area contributed by atoms with Crippen LogP contribution in [0.5, 0.6) is 17.2 Å². The molecular weight excluding hydrogens is 471 g/mol. The molecule has 1 saturated carbocycles. The summed E-state index contributed by atoms with van der Waals surface area (Å²) < 4.78 is 29.9. The van der Waals surface area contributed by atoms with Gasteiger partial charge in [-0.05, 0) is 76.7 Å². The number of fused-ring (bicyclic) bond motifs is 1. The number of carbonyl (C=O) groups is 1. The molecule has 1 aromatic heterocycles.